The first kappa shape index (κ1) is 30.0. The van der Waals surface area contributed by atoms with Crippen molar-refractivity contribution in [2.75, 3.05) is 16.8 Å². The highest BCUT2D eigenvalue weighted by molar-refractivity contribution is 8.00. The summed E-state index contributed by atoms with van der Waals surface area (Å²) in [5, 5.41) is 3.10. The SMILES string of the molecule is O=C(COc1ccc([C@@H]2c3sc(=O)[nH]c3S[C@@H]3[C@@H]4C[C@@H]([C@@H]5C(=O)N(c6ccccc6)C(=O)[C@@H]45)[C@H]23)cc1)Nc1ccccc1C(F)(F)F. The van der Waals surface area contributed by atoms with Crippen molar-refractivity contribution in [2.45, 2.75) is 28.8 Å². The number of hydrogen-bond acceptors (Lipinski definition) is 7. The maximum Gasteiger partial charge on any atom is 0.418 e. The molecular formula is C34H26F3N3O5S2. The largest absolute Gasteiger partial charge is 0.484 e. The lowest BCUT2D eigenvalue weighted by molar-refractivity contribution is -0.137. The van der Waals surface area contributed by atoms with Gasteiger partial charge in [0, 0.05) is 16.0 Å². The number of halogens is 3. The zero-order chi connectivity index (χ0) is 32.6. The number of imide groups is 1. The molecule has 3 fully saturated rings. The van der Waals surface area contributed by atoms with Crippen LogP contribution in [0.2, 0.25) is 0 Å². The number of carbonyl (C=O) groups excluding carboxylic acids is 3. The van der Waals surface area contributed by atoms with Crippen LogP contribution in [-0.2, 0) is 20.6 Å². The number of nitrogens with one attached hydrogen (secondary N) is 2. The van der Waals surface area contributed by atoms with Crippen LogP contribution in [-0.4, -0.2) is 34.6 Å². The Labute approximate surface area is 274 Å². The number of alkyl halides is 3. The fourth-order valence-electron chi connectivity index (χ4n) is 8.17. The first-order chi connectivity index (χ1) is 22.6. The number of aromatic nitrogens is 1. The summed E-state index contributed by atoms with van der Waals surface area (Å²) in [6.45, 7) is -0.499. The van der Waals surface area contributed by atoms with Crippen LogP contribution in [0.15, 0.2) is 88.7 Å². The highest BCUT2D eigenvalue weighted by Crippen LogP contribution is 2.68. The lowest BCUT2D eigenvalue weighted by atomic mass is 9.68. The molecule has 1 aromatic heterocycles. The van der Waals surface area contributed by atoms with E-state index in [0.717, 1.165) is 39.3 Å². The molecule has 2 saturated carbocycles. The number of nitrogens with zero attached hydrogens (tertiary/aromatic N) is 1. The maximum absolute atomic E-state index is 13.8. The van der Waals surface area contributed by atoms with Gasteiger partial charge in [-0.25, -0.2) is 0 Å². The minimum absolute atomic E-state index is 0.00666. The number of thioether (sulfide) groups is 1. The van der Waals surface area contributed by atoms with Crippen LogP contribution in [0.3, 0.4) is 0 Å². The maximum atomic E-state index is 13.8. The fourth-order valence-corrected chi connectivity index (χ4v) is 11.1. The Morgan fingerprint density at radius 2 is 1.60 bits per heavy atom. The van der Waals surface area contributed by atoms with Crippen LogP contribution in [0.4, 0.5) is 24.5 Å². The van der Waals surface area contributed by atoms with Crippen LogP contribution in [0.25, 0.3) is 0 Å². The van der Waals surface area contributed by atoms with Crippen LogP contribution < -0.4 is 19.8 Å². The van der Waals surface area contributed by atoms with E-state index in [4.69, 9.17) is 4.74 Å². The number of aromatic amines is 1. The van der Waals surface area contributed by atoms with E-state index in [2.05, 4.69) is 10.3 Å². The number of ether oxygens (including phenoxy) is 1. The van der Waals surface area contributed by atoms with Gasteiger partial charge in [-0.05, 0) is 66.1 Å². The van der Waals surface area contributed by atoms with E-state index >= 15 is 0 Å². The Hall–Kier alpha value is -4.36. The number of fused-ring (bicyclic) bond motifs is 9. The van der Waals surface area contributed by atoms with Crippen molar-refractivity contribution in [1.82, 2.24) is 4.98 Å². The summed E-state index contributed by atoms with van der Waals surface area (Å²) in [4.78, 5) is 57.7. The summed E-state index contributed by atoms with van der Waals surface area (Å²) in [6, 6.07) is 20.9. The van der Waals surface area contributed by atoms with Gasteiger partial charge in [0.15, 0.2) is 6.61 Å². The zero-order valence-electron chi connectivity index (χ0n) is 24.4. The van der Waals surface area contributed by atoms with Crippen molar-refractivity contribution in [2.24, 2.45) is 29.6 Å². The molecule has 3 amide bonds. The normalized spacial score (nSPS) is 27.4. The molecule has 0 spiro atoms. The van der Waals surface area contributed by atoms with Gasteiger partial charge in [-0.3, -0.25) is 24.1 Å². The lowest BCUT2D eigenvalue weighted by Crippen LogP contribution is -2.42. The van der Waals surface area contributed by atoms with Crippen LogP contribution in [0, 0.1) is 29.6 Å². The summed E-state index contributed by atoms with van der Waals surface area (Å²) in [5.41, 5.74) is 0.197. The first-order valence-electron chi connectivity index (χ1n) is 15.1. The second-order valence-electron chi connectivity index (χ2n) is 12.3. The van der Waals surface area contributed by atoms with Gasteiger partial charge < -0.3 is 15.0 Å². The molecule has 3 aromatic carbocycles. The molecule has 2 bridgehead atoms. The van der Waals surface area contributed by atoms with Crippen molar-refractivity contribution in [1.29, 1.82) is 0 Å². The van der Waals surface area contributed by atoms with Crippen LogP contribution >= 0.6 is 23.1 Å². The van der Waals surface area contributed by atoms with Crippen LogP contribution in [0.5, 0.6) is 5.75 Å². The topological polar surface area (TPSA) is 109 Å². The highest BCUT2D eigenvalue weighted by atomic mass is 32.2. The molecule has 4 aromatic rings. The molecule has 2 aliphatic carbocycles. The third kappa shape index (κ3) is 4.89. The molecule has 3 heterocycles. The summed E-state index contributed by atoms with van der Waals surface area (Å²) >= 11 is 2.77. The predicted molar refractivity (Wildman–Crippen MR) is 169 cm³/mol. The van der Waals surface area contributed by atoms with Crippen molar-refractivity contribution < 1.29 is 32.3 Å². The molecule has 240 valence electrons. The molecule has 2 aliphatic heterocycles. The third-order valence-electron chi connectivity index (χ3n) is 9.85. The monoisotopic (exact) mass is 677 g/mol. The average Bonchev–Trinajstić information content (AvgIpc) is 3.79. The number of benzene rings is 3. The Morgan fingerprint density at radius 3 is 2.32 bits per heavy atom. The molecular weight excluding hydrogens is 652 g/mol. The molecule has 0 radical (unpaired) electrons. The Bertz CT molecular complexity index is 1960. The summed E-state index contributed by atoms with van der Waals surface area (Å²) in [5.74, 6) is -1.73. The molecule has 1 saturated heterocycles. The van der Waals surface area contributed by atoms with Crippen molar-refractivity contribution in [3.8, 4) is 5.75 Å². The quantitative estimate of drug-likeness (QED) is 0.237. The van der Waals surface area contributed by atoms with Crippen molar-refractivity contribution in [3.05, 3.63) is 105 Å². The smallest absolute Gasteiger partial charge is 0.418 e. The summed E-state index contributed by atoms with van der Waals surface area (Å²) in [6.07, 6.45) is -3.85. The van der Waals surface area contributed by atoms with Gasteiger partial charge in [0.1, 0.15) is 5.75 Å². The first-order valence-corrected chi connectivity index (χ1v) is 16.8. The van der Waals surface area contributed by atoms with E-state index < -0.39 is 30.2 Å². The number of H-pyrrole nitrogens is 1. The number of rotatable bonds is 6. The highest BCUT2D eigenvalue weighted by Gasteiger charge is 2.69. The Morgan fingerprint density at radius 1 is 0.915 bits per heavy atom. The van der Waals surface area contributed by atoms with Gasteiger partial charge in [-0.15, -0.1) is 11.8 Å². The van der Waals surface area contributed by atoms with E-state index in [-0.39, 0.29) is 57.2 Å². The van der Waals surface area contributed by atoms with E-state index in [1.807, 2.05) is 30.3 Å². The predicted octanol–water partition coefficient (Wildman–Crippen LogP) is 6.15. The van der Waals surface area contributed by atoms with E-state index in [1.165, 1.54) is 23.1 Å². The van der Waals surface area contributed by atoms with E-state index in [9.17, 15) is 32.3 Å². The van der Waals surface area contributed by atoms with Crippen molar-refractivity contribution in [3.63, 3.8) is 0 Å². The zero-order valence-corrected chi connectivity index (χ0v) is 26.0. The fraction of sp³-hybridized carbons (Fsp3) is 0.294. The lowest BCUT2D eigenvalue weighted by Gasteiger charge is -2.43. The Balaban J connectivity index is 1.03. The molecule has 4 aliphatic rings. The number of carbonyl (C=O) groups is 3. The molecule has 8 nitrogen and oxygen atoms in total. The number of anilines is 2. The number of thiazole rings is 1. The second-order valence-corrected chi connectivity index (χ2v) is 14.5. The van der Waals surface area contributed by atoms with Gasteiger partial charge in [-0.1, -0.05) is 53.8 Å². The minimum Gasteiger partial charge on any atom is -0.484 e. The number of hydrogen-bond donors (Lipinski definition) is 2. The Kier molecular flexibility index (Phi) is 7.10. The second kappa shape index (κ2) is 11.1. The van der Waals surface area contributed by atoms with Gasteiger partial charge >= 0.3 is 11.0 Å². The van der Waals surface area contributed by atoms with Gasteiger partial charge in [-0.2, -0.15) is 13.2 Å². The standard InChI is InChI=1S/C34H26F3N3O5S2/c35-34(36,37)21-8-4-5-9-22(21)38-23(41)15-45-18-12-10-16(11-13-18)24-25-19-14-20(28(25)46-30-29(24)47-33(44)39-30)27-26(19)31(42)40(32(27)43)17-6-2-1-3-7-17/h1-13,19-20,24-28H,14-15H2,(H,38,41)(H,39,44)/t19-,20-,24+,25-,26+,27+,28-/m1/s1. The average molecular weight is 678 g/mol. The summed E-state index contributed by atoms with van der Waals surface area (Å²) < 4.78 is 45.6. The summed E-state index contributed by atoms with van der Waals surface area (Å²) in [7, 11) is 0. The van der Waals surface area contributed by atoms with Gasteiger partial charge in [0.2, 0.25) is 11.8 Å². The molecule has 13 heteroatoms. The molecule has 0 unspecified atom stereocenters. The van der Waals surface area contributed by atoms with Crippen LogP contribution in [0.1, 0.15) is 28.3 Å². The molecule has 7 atom stereocenters. The number of para-hydroxylation sites is 2. The van der Waals surface area contributed by atoms with E-state index in [1.54, 1.807) is 36.0 Å². The minimum atomic E-state index is -4.62. The van der Waals surface area contributed by atoms with Gasteiger partial charge in [0.25, 0.3) is 5.91 Å². The van der Waals surface area contributed by atoms with Crippen molar-refractivity contribution >= 4 is 52.2 Å². The third-order valence-corrected chi connectivity index (χ3v) is 12.4. The van der Waals surface area contributed by atoms with E-state index in [0.29, 0.717) is 11.4 Å². The molecule has 8 rings (SSSR count). The van der Waals surface area contributed by atoms with Gasteiger partial charge in [0.05, 0.1) is 33.8 Å². The molecule has 2 N–H and O–H groups in total. The molecule has 47 heavy (non-hydrogen) atoms. The number of amides is 3.